The molecule has 1 aromatic rings. The van der Waals surface area contributed by atoms with Crippen molar-refractivity contribution >= 4 is 0 Å². The zero-order valence-corrected chi connectivity index (χ0v) is 11.5. The van der Waals surface area contributed by atoms with Crippen LogP contribution in [0.4, 0.5) is 4.39 Å². The molecule has 2 N–H and O–H groups in total. The van der Waals surface area contributed by atoms with Gasteiger partial charge in [0.2, 0.25) is 0 Å². The quantitative estimate of drug-likeness (QED) is 0.860. The standard InChI is InChI=1S/C16H23FO2/c1-2-3-8-16(9-10-18)14-6-5-13(17)11-12(14)4-7-15(16)19/h5-6,11,15,18-19H,2-4,7-10H2,1H3/t15-,16-/m0/s1. The number of rotatable bonds is 5. The van der Waals surface area contributed by atoms with Crippen molar-refractivity contribution in [1.29, 1.82) is 0 Å². The normalized spacial score (nSPS) is 26.2. The molecule has 2 atom stereocenters. The molecule has 0 heterocycles. The molecule has 0 fully saturated rings. The number of halogens is 1. The minimum atomic E-state index is -0.441. The summed E-state index contributed by atoms with van der Waals surface area (Å²) in [5.41, 5.74) is 1.64. The number of fused-ring (bicyclic) bond motifs is 1. The molecular formula is C16H23FO2. The van der Waals surface area contributed by atoms with E-state index in [1.165, 1.54) is 6.07 Å². The first-order chi connectivity index (χ1) is 9.14. The number of hydrogen-bond donors (Lipinski definition) is 2. The van der Waals surface area contributed by atoms with Gasteiger partial charge in [-0.05, 0) is 48.9 Å². The van der Waals surface area contributed by atoms with Gasteiger partial charge in [-0.3, -0.25) is 0 Å². The molecule has 1 aromatic carbocycles. The molecule has 0 amide bonds. The topological polar surface area (TPSA) is 40.5 Å². The van der Waals surface area contributed by atoms with Crippen molar-refractivity contribution in [3.8, 4) is 0 Å². The Morgan fingerprint density at radius 3 is 2.84 bits per heavy atom. The maximum Gasteiger partial charge on any atom is 0.123 e. The van der Waals surface area contributed by atoms with E-state index in [0.717, 1.165) is 30.4 Å². The van der Waals surface area contributed by atoms with Gasteiger partial charge in [0.25, 0.3) is 0 Å². The molecule has 0 bridgehead atoms. The van der Waals surface area contributed by atoms with E-state index in [2.05, 4.69) is 6.92 Å². The molecule has 0 saturated heterocycles. The average molecular weight is 266 g/mol. The van der Waals surface area contributed by atoms with Gasteiger partial charge < -0.3 is 10.2 Å². The van der Waals surface area contributed by atoms with Crippen LogP contribution in [0.1, 0.15) is 50.2 Å². The number of aliphatic hydroxyl groups is 2. The van der Waals surface area contributed by atoms with E-state index in [4.69, 9.17) is 0 Å². The van der Waals surface area contributed by atoms with Crippen molar-refractivity contribution in [3.63, 3.8) is 0 Å². The Morgan fingerprint density at radius 2 is 2.16 bits per heavy atom. The van der Waals surface area contributed by atoms with Crippen molar-refractivity contribution in [2.24, 2.45) is 0 Å². The van der Waals surface area contributed by atoms with Crippen LogP contribution in [0.15, 0.2) is 18.2 Å². The average Bonchev–Trinajstić information content (AvgIpc) is 2.40. The van der Waals surface area contributed by atoms with Crippen molar-refractivity contribution in [2.75, 3.05) is 6.61 Å². The van der Waals surface area contributed by atoms with E-state index in [1.54, 1.807) is 12.1 Å². The summed E-state index contributed by atoms with van der Waals surface area (Å²) in [5.74, 6) is -0.219. The van der Waals surface area contributed by atoms with Gasteiger partial charge in [-0.15, -0.1) is 0 Å². The third-order valence-corrected chi connectivity index (χ3v) is 4.46. The van der Waals surface area contributed by atoms with Gasteiger partial charge in [-0.25, -0.2) is 4.39 Å². The maximum absolute atomic E-state index is 13.4. The molecule has 0 aliphatic heterocycles. The second-order valence-electron chi connectivity index (χ2n) is 5.59. The highest BCUT2D eigenvalue weighted by atomic mass is 19.1. The van der Waals surface area contributed by atoms with E-state index in [-0.39, 0.29) is 12.4 Å². The van der Waals surface area contributed by atoms with Crippen LogP contribution >= 0.6 is 0 Å². The third-order valence-electron chi connectivity index (χ3n) is 4.46. The summed E-state index contributed by atoms with van der Waals surface area (Å²) < 4.78 is 13.4. The van der Waals surface area contributed by atoms with Gasteiger partial charge in [0.1, 0.15) is 5.82 Å². The first-order valence-corrected chi connectivity index (χ1v) is 7.22. The van der Waals surface area contributed by atoms with Crippen LogP contribution in [0.2, 0.25) is 0 Å². The number of benzene rings is 1. The molecule has 1 aliphatic rings. The fourth-order valence-electron chi connectivity index (χ4n) is 3.42. The monoisotopic (exact) mass is 266 g/mol. The number of unbranched alkanes of at least 4 members (excludes halogenated alkanes) is 1. The zero-order valence-electron chi connectivity index (χ0n) is 11.5. The lowest BCUT2D eigenvalue weighted by molar-refractivity contribution is 0.0389. The molecule has 106 valence electrons. The van der Waals surface area contributed by atoms with Gasteiger partial charge in [-0.1, -0.05) is 25.8 Å². The minimum absolute atomic E-state index is 0.0532. The van der Waals surface area contributed by atoms with E-state index >= 15 is 0 Å². The van der Waals surface area contributed by atoms with Crippen LogP contribution in [0, 0.1) is 5.82 Å². The molecule has 0 saturated carbocycles. The highest BCUT2D eigenvalue weighted by Gasteiger charge is 2.42. The molecule has 2 nitrogen and oxygen atoms in total. The second kappa shape index (κ2) is 6.02. The summed E-state index contributed by atoms with van der Waals surface area (Å²) in [6.07, 6.45) is 4.39. The van der Waals surface area contributed by atoms with Gasteiger partial charge >= 0.3 is 0 Å². The Bertz CT molecular complexity index is 433. The molecule has 0 aromatic heterocycles. The maximum atomic E-state index is 13.4. The lowest BCUT2D eigenvalue weighted by Crippen LogP contribution is -2.44. The fraction of sp³-hybridized carbons (Fsp3) is 0.625. The summed E-state index contributed by atoms with van der Waals surface area (Å²) in [6, 6.07) is 4.85. The molecule has 0 spiro atoms. The molecule has 2 rings (SSSR count). The van der Waals surface area contributed by atoms with Crippen LogP contribution in [-0.4, -0.2) is 22.9 Å². The lowest BCUT2D eigenvalue weighted by atomic mass is 9.64. The smallest absolute Gasteiger partial charge is 0.123 e. The Kier molecular flexibility index (Phi) is 4.58. The summed E-state index contributed by atoms with van der Waals surface area (Å²) in [6.45, 7) is 2.17. The second-order valence-corrected chi connectivity index (χ2v) is 5.59. The van der Waals surface area contributed by atoms with Crippen molar-refractivity contribution in [3.05, 3.63) is 35.1 Å². The van der Waals surface area contributed by atoms with E-state index in [1.807, 2.05) is 0 Å². The highest BCUT2D eigenvalue weighted by molar-refractivity contribution is 5.39. The lowest BCUT2D eigenvalue weighted by Gasteiger charge is -2.43. The van der Waals surface area contributed by atoms with Gasteiger partial charge in [0.15, 0.2) is 0 Å². The number of aliphatic hydroxyl groups excluding tert-OH is 2. The zero-order chi connectivity index (χ0) is 13.9. The Morgan fingerprint density at radius 1 is 1.37 bits per heavy atom. The first kappa shape index (κ1) is 14.5. The van der Waals surface area contributed by atoms with Crippen molar-refractivity contribution < 1.29 is 14.6 Å². The molecule has 1 aliphatic carbocycles. The van der Waals surface area contributed by atoms with Gasteiger partial charge in [0.05, 0.1) is 6.10 Å². The molecular weight excluding hydrogens is 243 g/mol. The highest BCUT2D eigenvalue weighted by Crippen LogP contribution is 2.44. The molecule has 0 unspecified atom stereocenters. The van der Waals surface area contributed by atoms with Crippen molar-refractivity contribution in [2.45, 2.75) is 57.0 Å². The van der Waals surface area contributed by atoms with Crippen molar-refractivity contribution in [1.82, 2.24) is 0 Å². The SMILES string of the molecule is CCCC[C@]1(CCO)c2ccc(F)cc2CC[C@@H]1O. The predicted octanol–water partition coefficient (Wildman–Crippen LogP) is 2.94. The van der Waals surface area contributed by atoms with E-state index < -0.39 is 11.5 Å². The summed E-state index contributed by atoms with van der Waals surface area (Å²) in [5, 5.41) is 19.9. The van der Waals surface area contributed by atoms with E-state index in [0.29, 0.717) is 19.3 Å². The third kappa shape index (κ3) is 2.67. The predicted molar refractivity (Wildman–Crippen MR) is 73.6 cm³/mol. The molecule has 19 heavy (non-hydrogen) atoms. The van der Waals surface area contributed by atoms with Crippen LogP contribution in [-0.2, 0) is 11.8 Å². The number of aryl methyl sites for hydroxylation is 1. The molecule has 0 radical (unpaired) electrons. The first-order valence-electron chi connectivity index (χ1n) is 7.22. The Labute approximate surface area is 114 Å². The van der Waals surface area contributed by atoms with Gasteiger partial charge in [0, 0.05) is 12.0 Å². The number of hydrogen-bond acceptors (Lipinski definition) is 2. The van der Waals surface area contributed by atoms with Gasteiger partial charge in [-0.2, -0.15) is 0 Å². The minimum Gasteiger partial charge on any atom is -0.396 e. The Hall–Kier alpha value is -0.930. The Balaban J connectivity index is 2.45. The van der Waals surface area contributed by atoms with E-state index in [9.17, 15) is 14.6 Å². The largest absolute Gasteiger partial charge is 0.396 e. The summed E-state index contributed by atoms with van der Waals surface area (Å²) in [7, 11) is 0. The molecule has 3 heteroatoms. The van der Waals surface area contributed by atoms with Crippen LogP contribution in [0.5, 0.6) is 0 Å². The van der Waals surface area contributed by atoms with Crippen LogP contribution in [0.3, 0.4) is 0 Å². The van der Waals surface area contributed by atoms with Crippen LogP contribution in [0.25, 0.3) is 0 Å². The van der Waals surface area contributed by atoms with Crippen LogP contribution < -0.4 is 0 Å². The fourth-order valence-corrected chi connectivity index (χ4v) is 3.42. The summed E-state index contributed by atoms with van der Waals surface area (Å²) in [4.78, 5) is 0. The summed E-state index contributed by atoms with van der Waals surface area (Å²) >= 11 is 0.